The van der Waals surface area contributed by atoms with Crippen molar-refractivity contribution in [3.63, 3.8) is 0 Å². The van der Waals surface area contributed by atoms with Crippen LogP contribution in [0.15, 0.2) is 11.3 Å². The summed E-state index contributed by atoms with van der Waals surface area (Å²) in [6.45, 7) is 22.6. The predicted molar refractivity (Wildman–Crippen MR) is 101 cm³/mol. The molecule has 0 saturated heterocycles. The van der Waals surface area contributed by atoms with E-state index in [2.05, 4.69) is 51.9 Å². The maximum Gasteiger partial charge on any atom is 0.349 e. The van der Waals surface area contributed by atoms with Crippen molar-refractivity contribution in [3.8, 4) is 0 Å². The number of rotatable bonds is 10. The van der Waals surface area contributed by atoms with E-state index < -0.39 is 25.2 Å². The van der Waals surface area contributed by atoms with Crippen LogP contribution in [0.2, 0.25) is 45.8 Å². The molecule has 0 aliphatic heterocycles. The van der Waals surface area contributed by atoms with E-state index in [1.54, 1.807) is 0 Å². The Hall–Kier alpha value is 0.231. The lowest BCUT2D eigenvalue weighted by Gasteiger charge is -2.41. The molecule has 0 aromatic heterocycles. The zero-order valence-electron chi connectivity index (χ0n) is 16.2. The summed E-state index contributed by atoms with van der Waals surface area (Å²) in [5.74, 6) is 0. The topological polar surface area (TPSA) is 36.9 Å². The van der Waals surface area contributed by atoms with E-state index >= 15 is 0 Å². The van der Waals surface area contributed by atoms with Crippen molar-refractivity contribution in [2.24, 2.45) is 0 Å². The van der Waals surface area contributed by atoms with Crippen molar-refractivity contribution in [1.29, 1.82) is 0 Å². The normalized spacial score (nSPS) is 14.8. The molecule has 22 heavy (non-hydrogen) atoms. The number of hydrogen-bond donors (Lipinski definition) is 0. The molecule has 0 rings (SSSR count). The highest BCUT2D eigenvalue weighted by Crippen LogP contribution is 2.30. The van der Waals surface area contributed by atoms with E-state index in [1.807, 2.05) is 20.8 Å². The molecule has 132 valence electrons. The SMILES string of the molecule is C/C=C(\C(OCC)OCC)[Si](C)(O[Si](C)(C)C)O[Si](C)(C)C. The van der Waals surface area contributed by atoms with Crippen LogP contribution in [0.4, 0.5) is 0 Å². The van der Waals surface area contributed by atoms with Crippen molar-refractivity contribution in [3.05, 3.63) is 11.3 Å². The Morgan fingerprint density at radius 3 is 1.41 bits per heavy atom. The zero-order chi connectivity index (χ0) is 17.6. The van der Waals surface area contributed by atoms with Gasteiger partial charge in [-0.25, -0.2) is 0 Å². The van der Waals surface area contributed by atoms with E-state index in [4.69, 9.17) is 17.7 Å². The predicted octanol–water partition coefficient (Wildman–Crippen LogP) is 4.65. The third-order valence-electron chi connectivity index (χ3n) is 2.73. The van der Waals surface area contributed by atoms with Gasteiger partial charge in [0.1, 0.15) is 0 Å². The third-order valence-corrected chi connectivity index (χ3v) is 12.3. The second-order valence-electron chi connectivity index (χ2n) is 7.36. The molecule has 4 nitrogen and oxygen atoms in total. The highest BCUT2D eigenvalue weighted by atomic mass is 28.5. The standard InChI is InChI=1S/C15H36O4Si3/c1-11-14(15(16-12-2)17-13-3)22(10,18-20(4,5)6)19-21(7,8)9/h11,15H,12-13H2,1-10H3/b14-11+. The fourth-order valence-corrected chi connectivity index (χ4v) is 14.4. The van der Waals surface area contributed by atoms with Gasteiger partial charge < -0.3 is 17.7 Å². The van der Waals surface area contributed by atoms with Crippen LogP contribution in [-0.2, 0) is 17.7 Å². The van der Waals surface area contributed by atoms with Crippen molar-refractivity contribution in [2.75, 3.05) is 13.2 Å². The first kappa shape index (κ1) is 22.2. The summed E-state index contributed by atoms with van der Waals surface area (Å²) in [5.41, 5.74) is 0. The molecule has 0 atom stereocenters. The van der Waals surface area contributed by atoms with Crippen LogP contribution >= 0.6 is 0 Å². The fourth-order valence-electron chi connectivity index (χ4n) is 2.45. The maximum atomic E-state index is 6.59. The first-order chi connectivity index (χ1) is 9.88. The van der Waals surface area contributed by atoms with Crippen molar-refractivity contribution in [1.82, 2.24) is 0 Å². The van der Waals surface area contributed by atoms with Crippen LogP contribution in [-0.4, -0.2) is 44.7 Å². The van der Waals surface area contributed by atoms with E-state index in [9.17, 15) is 0 Å². The van der Waals surface area contributed by atoms with Gasteiger partial charge in [-0.2, -0.15) is 0 Å². The van der Waals surface area contributed by atoms with Gasteiger partial charge in [0, 0.05) is 18.4 Å². The van der Waals surface area contributed by atoms with Crippen molar-refractivity contribution in [2.45, 2.75) is 72.9 Å². The van der Waals surface area contributed by atoms with Crippen LogP contribution in [0.5, 0.6) is 0 Å². The first-order valence-electron chi connectivity index (χ1n) is 8.18. The Bertz CT molecular complexity index is 337. The van der Waals surface area contributed by atoms with Crippen LogP contribution in [0, 0.1) is 0 Å². The van der Waals surface area contributed by atoms with E-state index in [0.717, 1.165) is 5.20 Å². The molecule has 0 N–H and O–H groups in total. The molecule has 0 aromatic carbocycles. The summed E-state index contributed by atoms with van der Waals surface area (Å²) in [4.78, 5) is 0. The molecule has 0 unspecified atom stereocenters. The van der Waals surface area contributed by atoms with Gasteiger partial charge in [0.25, 0.3) is 0 Å². The van der Waals surface area contributed by atoms with Crippen LogP contribution in [0.1, 0.15) is 20.8 Å². The monoisotopic (exact) mass is 364 g/mol. The largest absolute Gasteiger partial charge is 0.434 e. The van der Waals surface area contributed by atoms with Gasteiger partial charge in [0.15, 0.2) is 22.9 Å². The molecule has 0 radical (unpaired) electrons. The average molecular weight is 365 g/mol. The summed E-state index contributed by atoms with van der Waals surface area (Å²) in [5, 5.41) is 1.06. The highest BCUT2D eigenvalue weighted by Gasteiger charge is 2.46. The molecular formula is C15H36O4Si3. The second kappa shape index (κ2) is 8.91. The first-order valence-corrected chi connectivity index (χ1v) is 17.3. The number of hydrogen-bond acceptors (Lipinski definition) is 4. The lowest BCUT2D eigenvalue weighted by molar-refractivity contribution is -0.109. The summed E-state index contributed by atoms with van der Waals surface area (Å²) >= 11 is 0. The van der Waals surface area contributed by atoms with Crippen LogP contribution < -0.4 is 0 Å². The van der Waals surface area contributed by atoms with Crippen molar-refractivity contribution < 1.29 is 17.7 Å². The Kier molecular flexibility index (Phi) is 9.00. The minimum absolute atomic E-state index is 0.371. The average Bonchev–Trinajstić information content (AvgIpc) is 2.24. The zero-order valence-corrected chi connectivity index (χ0v) is 19.2. The molecule has 0 amide bonds. The summed E-state index contributed by atoms with van der Waals surface area (Å²) < 4.78 is 24.8. The van der Waals surface area contributed by atoms with Crippen molar-refractivity contribution >= 4 is 25.2 Å². The molecule has 0 spiro atoms. The van der Waals surface area contributed by atoms with Gasteiger partial charge >= 0.3 is 8.56 Å². The highest BCUT2D eigenvalue weighted by molar-refractivity contribution is 6.91. The number of ether oxygens (including phenoxy) is 2. The minimum atomic E-state index is -2.55. The second-order valence-corrected chi connectivity index (χ2v) is 19.9. The Labute approximate surface area is 140 Å². The molecule has 0 saturated carbocycles. The Morgan fingerprint density at radius 2 is 1.18 bits per heavy atom. The number of allylic oxidation sites excluding steroid dienone is 1. The lowest BCUT2D eigenvalue weighted by Crippen LogP contribution is -2.56. The van der Waals surface area contributed by atoms with Gasteiger partial charge in [-0.05, 0) is 66.6 Å². The van der Waals surface area contributed by atoms with E-state index in [1.165, 1.54) is 0 Å². The molecule has 0 fully saturated rings. The van der Waals surface area contributed by atoms with Gasteiger partial charge in [0.2, 0.25) is 0 Å². The van der Waals surface area contributed by atoms with E-state index in [-0.39, 0.29) is 6.29 Å². The summed E-state index contributed by atoms with van der Waals surface area (Å²) in [6, 6.07) is 0. The van der Waals surface area contributed by atoms with Gasteiger partial charge in [0.05, 0.1) is 0 Å². The van der Waals surface area contributed by atoms with Gasteiger partial charge in [-0.15, -0.1) is 0 Å². The van der Waals surface area contributed by atoms with Crippen LogP contribution in [0.3, 0.4) is 0 Å². The Morgan fingerprint density at radius 1 is 0.818 bits per heavy atom. The maximum absolute atomic E-state index is 6.59. The van der Waals surface area contributed by atoms with Gasteiger partial charge in [-0.1, -0.05) is 6.08 Å². The van der Waals surface area contributed by atoms with Crippen LogP contribution in [0.25, 0.3) is 0 Å². The molecule has 0 aliphatic carbocycles. The molecular weight excluding hydrogens is 328 g/mol. The summed E-state index contributed by atoms with van der Waals surface area (Å²) in [7, 11) is -6.07. The fraction of sp³-hybridized carbons (Fsp3) is 0.867. The lowest BCUT2D eigenvalue weighted by atomic mass is 10.5. The van der Waals surface area contributed by atoms with Gasteiger partial charge in [-0.3, -0.25) is 0 Å². The smallest absolute Gasteiger partial charge is 0.349 e. The Balaban J connectivity index is 5.68. The van der Waals surface area contributed by atoms with E-state index in [0.29, 0.717) is 13.2 Å². The third kappa shape index (κ3) is 8.19. The minimum Gasteiger partial charge on any atom is -0.434 e. The molecule has 7 heteroatoms. The quantitative estimate of drug-likeness (QED) is 0.418. The summed E-state index contributed by atoms with van der Waals surface area (Å²) in [6.07, 6.45) is 1.70. The molecule has 0 aromatic rings. The molecule has 0 aliphatic rings. The molecule has 0 bridgehead atoms. The molecule has 0 heterocycles.